The number of anilines is 1. The summed E-state index contributed by atoms with van der Waals surface area (Å²) in [5.74, 6) is 2.30. The Labute approximate surface area is 138 Å². The van der Waals surface area contributed by atoms with Crippen molar-refractivity contribution in [1.29, 1.82) is 0 Å². The van der Waals surface area contributed by atoms with Crippen molar-refractivity contribution >= 4 is 34.7 Å². The van der Waals surface area contributed by atoms with Gasteiger partial charge in [0, 0.05) is 42.2 Å². The topological polar surface area (TPSA) is 45.2 Å². The van der Waals surface area contributed by atoms with Gasteiger partial charge in [-0.2, -0.15) is 11.8 Å². The van der Waals surface area contributed by atoms with Crippen molar-refractivity contribution in [2.24, 2.45) is 0 Å². The van der Waals surface area contributed by atoms with Gasteiger partial charge in [0.15, 0.2) is 0 Å². The van der Waals surface area contributed by atoms with Crippen LogP contribution < -0.4 is 5.32 Å². The molecule has 1 amide bonds. The normalized spacial score (nSPS) is 15.7. The lowest BCUT2D eigenvalue weighted by molar-refractivity contribution is 0.102. The number of thioether (sulfide) groups is 1. The van der Waals surface area contributed by atoms with E-state index in [4.69, 9.17) is 0 Å². The molecule has 0 unspecified atom stereocenters. The molecule has 6 heteroatoms. The summed E-state index contributed by atoms with van der Waals surface area (Å²) in [6, 6.07) is 6.26. The number of nitrogens with zero attached hydrogens (tertiary/aromatic N) is 2. The van der Waals surface area contributed by atoms with Crippen molar-refractivity contribution in [1.82, 2.24) is 9.88 Å². The molecule has 1 aliphatic rings. The van der Waals surface area contributed by atoms with Gasteiger partial charge in [-0.25, -0.2) is 4.98 Å². The molecule has 1 saturated heterocycles. The summed E-state index contributed by atoms with van der Waals surface area (Å²) >= 11 is 3.45. The Hall–Kier alpha value is -1.37. The number of hydrogen-bond acceptors (Lipinski definition) is 5. The maximum Gasteiger partial charge on any atom is 0.275 e. The summed E-state index contributed by atoms with van der Waals surface area (Å²) in [7, 11) is 0. The third kappa shape index (κ3) is 3.88. The molecule has 0 radical (unpaired) electrons. The van der Waals surface area contributed by atoms with Crippen LogP contribution in [0.3, 0.4) is 0 Å². The van der Waals surface area contributed by atoms with Crippen LogP contribution in [0.1, 0.15) is 21.6 Å². The van der Waals surface area contributed by atoms with E-state index in [-0.39, 0.29) is 5.91 Å². The molecule has 0 saturated carbocycles. The lowest BCUT2D eigenvalue weighted by Crippen LogP contribution is -2.31. The number of thiazole rings is 1. The third-order valence-electron chi connectivity index (χ3n) is 3.71. The SMILES string of the molecule is Cc1cc(CN2CCSCC2)ccc1NC(=O)c1cscn1. The molecule has 22 heavy (non-hydrogen) atoms. The van der Waals surface area contributed by atoms with Crippen LogP contribution in [0.2, 0.25) is 0 Å². The van der Waals surface area contributed by atoms with Crippen LogP contribution in [0.4, 0.5) is 5.69 Å². The molecule has 0 spiro atoms. The van der Waals surface area contributed by atoms with Gasteiger partial charge in [-0.1, -0.05) is 12.1 Å². The van der Waals surface area contributed by atoms with E-state index in [1.807, 2.05) is 24.8 Å². The first-order chi connectivity index (χ1) is 10.7. The van der Waals surface area contributed by atoms with E-state index < -0.39 is 0 Å². The monoisotopic (exact) mass is 333 g/mol. The minimum atomic E-state index is -0.148. The largest absolute Gasteiger partial charge is 0.320 e. The summed E-state index contributed by atoms with van der Waals surface area (Å²) < 4.78 is 0. The number of carbonyl (C=O) groups excluding carboxylic acids is 1. The standard InChI is InChI=1S/C16H19N3OS2/c1-12-8-13(9-19-4-6-21-7-5-19)2-3-14(12)18-16(20)15-10-22-11-17-15/h2-3,8,10-11H,4-7,9H2,1H3,(H,18,20). The van der Waals surface area contributed by atoms with Gasteiger partial charge < -0.3 is 5.32 Å². The van der Waals surface area contributed by atoms with Gasteiger partial charge in [0.25, 0.3) is 5.91 Å². The molecule has 1 aliphatic heterocycles. The minimum absolute atomic E-state index is 0.148. The zero-order valence-electron chi connectivity index (χ0n) is 12.5. The van der Waals surface area contributed by atoms with E-state index in [1.54, 1.807) is 10.9 Å². The summed E-state index contributed by atoms with van der Waals surface area (Å²) in [6.07, 6.45) is 0. The first kappa shape index (κ1) is 15.5. The highest BCUT2D eigenvalue weighted by Gasteiger charge is 2.12. The van der Waals surface area contributed by atoms with E-state index >= 15 is 0 Å². The molecule has 1 N–H and O–H groups in total. The van der Waals surface area contributed by atoms with Gasteiger partial charge in [0.05, 0.1) is 5.51 Å². The van der Waals surface area contributed by atoms with Crippen molar-refractivity contribution in [3.63, 3.8) is 0 Å². The Balaban J connectivity index is 1.65. The second-order valence-corrected chi connectivity index (χ2v) is 7.31. The van der Waals surface area contributed by atoms with Crippen LogP contribution in [0.5, 0.6) is 0 Å². The molecule has 0 aliphatic carbocycles. The second-order valence-electron chi connectivity index (χ2n) is 5.37. The first-order valence-corrected chi connectivity index (χ1v) is 9.41. The molecule has 2 aromatic rings. The quantitative estimate of drug-likeness (QED) is 0.933. The number of benzene rings is 1. The van der Waals surface area contributed by atoms with Gasteiger partial charge in [0.2, 0.25) is 0 Å². The third-order valence-corrected chi connectivity index (χ3v) is 5.24. The zero-order chi connectivity index (χ0) is 15.4. The van der Waals surface area contributed by atoms with Crippen LogP contribution in [-0.4, -0.2) is 40.4 Å². The summed E-state index contributed by atoms with van der Waals surface area (Å²) in [5.41, 5.74) is 5.39. The Bertz CT molecular complexity index is 637. The van der Waals surface area contributed by atoms with Crippen LogP contribution in [0, 0.1) is 6.92 Å². The maximum absolute atomic E-state index is 12.1. The van der Waals surface area contributed by atoms with Gasteiger partial charge in [-0.3, -0.25) is 9.69 Å². The number of nitrogens with one attached hydrogen (secondary N) is 1. The number of carbonyl (C=O) groups is 1. The molecule has 2 heterocycles. The maximum atomic E-state index is 12.1. The number of hydrogen-bond donors (Lipinski definition) is 1. The average Bonchev–Trinajstić information content (AvgIpc) is 3.05. The molecule has 4 nitrogen and oxygen atoms in total. The fourth-order valence-corrected chi connectivity index (χ4v) is 4.00. The van der Waals surface area contributed by atoms with Gasteiger partial charge in [-0.15, -0.1) is 11.3 Å². The highest BCUT2D eigenvalue weighted by molar-refractivity contribution is 7.99. The predicted octanol–water partition coefficient (Wildman–Crippen LogP) is 3.25. The Morgan fingerprint density at radius 2 is 2.18 bits per heavy atom. The van der Waals surface area contributed by atoms with E-state index in [1.165, 1.54) is 28.4 Å². The molecule has 0 bridgehead atoms. The van der Waals surface area contributed by atoms with Crippen LogP contribution in [-0.2, 0) is 6.54 Å². The number of rotatable bonds is 4. The van der Waals surface area contributed by atoms with E-state index in [2.05, 4.69) is 27.3 Å². The fourth-order valence-electron chi connectivity index (χ4n) is 2.49. The summed E-state index contributed by atoms with van der Waals surface area (Å²) in [4.78, 5) is 18.6. The minimum Gasteiger partial charge on any atom is -0.320 e. The van der Waals surface area contributed by atoms with Crippen LogP contribution >= 0.6 is 23.1 Å². The lowest BCUT2D eigenvalue weighted by atomic mass is 10.1. The average molecular weight is 333 g/mol. The van der Waals surface area contributed by atoms with Gasteiger partial charge in [-0.05, 0) is 24.1 Å². The van der Waals surface area contributed by atoms with E-state index in [0.717, 1.165) is 30.9 Å². The Morgan fingerprint density at radius 3 is 2.86 bits per heavy atom. The number of amides is 1. The zero-order valence-corrected chi connectivity index (χ0v) is 14.2. The molecular formula is C16H19N3OS2. The first-order valence-electron chi connectivity index (χ1n) is 7.31. The molecule has 1 fully saturated rings. The highest BCUT2D eigenvalue weighted by atomic mass is 32.2. The van der Waals surface area contributed by atoms with Crippen molar-refractivity contribution in [3.05, 3.63) is 45.9 Å². The number of aryl methyl sites for hydroxylation is 1. The van der Waals surface area contributed by atoms with E-state index in [0.29, 0.717) is 5.69 Å². The molecule has 116 valence electrons. The Morgan fingerprint density at radius 1 is 1.36 bits per heavy atom. The van der Waals surface area contributed by atoms with Crippen LogP contribution in [0.15, 0.2) is 29.1 Å². The van der Waals surface area contributed by atoms with Gasteiger partial charge >= 0.3 is 0 Å². The second kappa shape index (κ2) is 7.26. The van der Waals surface area contributed by atoms with Crippen molar-refractivity contribution in [3.8, 4) is 0 Å². The molecule has 0 atom stereocenters. The van der Waals surface area contributed by atoms with Crippen molar-refractivity contribution in [2.75, 3.05) is 29.9 Å². The molecular weight excluding hydrogens is 314 g/mol. The lowest BCUT2D eigenvalue weighted by Gasteiger charge is -2.26. The fraction of sp³-hybridized carbons (Fsp3) is 0.375. The molecule has 1 aromatic carbocycles. The molecule has 3 rings (SSSR count). The summed E-state index contributed by atoms with van der Waals surface area (Å²) in [6.45, 7) is 5.34. The van der Waals surface area contributed by atoms with Crippen LogP contribution in [0.25, 0.3) is 0 Å². The van der Waals surface area contributed by atoms with E-state index in [9.17, 15) is 4.79 Å². The van der Waals surface area contributed by atoms with Crippen molar-refractivity contribution < 1.29 is 4.79 Å². The predicted molar refractivity (Wildman–Crippen MR) is 93.8 cm³/mol. The highest BCUT2D eigenvalue weighted by Crippen LogP contribution is 2.20. The van der Waals surface area contributed by atoms with Gasteiger partial charge in [0.1, 0.15) is 5.69 Å². The van der Waals surface area contributed by atoms with Crippen molar-refractivity contribution in [2.45, 2.75) is 13.5 Å². The number of aromatic nitrogens is 1. The smallest absolute Gasteiger partial charge is 0.275 e. The molecule has 1 aromatic heterocycles. The summed E-state index contributed by atoms with van der Waals surface area (Å²) in [5, 5.41) is 4.69. The Kier molecular flexibility index (Phi) is 5.12.